The largest absolute Gasteiger partial charge is 0.497 e. The molecule has 4 heteroatoms. The Bertz CT molecular complexity index is 466. The van der Waals surface area contributed by atoms with Gasteiger partial charge in [-0.05, 0) is 31.9 Å². The van der Waals surface area contributed by atoms with Crippen LogP contribution in [0.4, 0.5) is 5.69 Å². The quantitative estimate of drug-likeness (QED) is 0.834. The summed E-state index contributed by atoms with van der Waals surface area (Å²) in [5, 5.41) is 9.23. The summed E-state index contributed by atoms with van der Waals surface area (Å²) < 4.78 is 11.0. The lowest BCUT2D eigenvalue weighted by atomic mass is 10.1. The zero-order chi connectivity index (χ0) is 13.7. The maximum absolute atomic E-state index is 9.23. The van der Waals surface area contributed by atoms with Gasteiger partial charge >= 0.3 is 0 Å². The van der Waals surface area contributed by atoms with E-state index in [1.807, 2.05) is 25.1 Å². The van der Waals surface area contributed by atoms with Crippen LogP contribution in [0.3, 0.4) is 0 Å². The van der Waals surface area contributed by atoms with Gasteiger partial charge in [0.05, 0.1) is 24.5 Å². The van der Waals surface area contributed by atoms with Crippen molar-refractivity contribution in [3.05, 3.63) is 23.8 Å². The minimum absolute atomic E-state index is 0.261. The van der Waals surface area contributed by atoms with Gasteiger partial charge in [-0.2, -0.15) is 5.26 Å². The molecule has 1 aromatic rings. The number of ether oxygens (including phenoxy) is 2. The summed E-state index contributed by atoms with van der Waals surface area (Å²) in [6.07, 6.45) is 2.44. The normalized spacial score (nSPS) is 19.0. The van der Waals surface area contributed by atoms with Crippen LogP contribution in [-0.2, 0) is 4.74 Å². The van der Waals surface area contributed by atoms with Crippen molar-refractivity contribution in [2.45, 2.75) is 25.9 Å². The number of hydrogen-bond donors (Lipinski definition) is 0. The van der Waals surface area contributed by atoms with Crippen LogP contribution >= 0.6 is 0 Å². The molecule has 0 aliphatic carbocycles. The summed E-state index contributed by atoms with van der Waals surface area (Å²) >= 11 is 0. The molecule has 19 heavy (non-hydrogen) atoms. The lowest BCUT2D eigenvalue weighted by Crippen LogP contribution is -2.40. The van der Waals surface area contributed by atoms with E-state index in [0.29, 0.717) is 5.56 Å². The maximum atomic E-state index is 9.23. The van der Waals surface area contributed by atoms with Crippen LogP contribution in [0.5, 0.6) is 5.75 Å². The van der Waals surface area contributed by atoms with E-state index in [2.05, 4.69) is 11.0 Å². The van der Waals surface area contributed by atoms with Gasteiger partial charge < -0.3 is 14.4 Å². The van der Waals surface area contributed by atoms with Crippen molar-refractivity contribution in [3.8, 4) is 11.8 Å². The highest BCUT2D eigenvalue weighted by Gasteiger charge is 2.22. The molecule has 0 radical (unpaired) electrons. The zero-order valence-corrected chi connectivity index (χ0v) is 11.6. The molecular weight excluding hydrogens is 240 g/mol. The second kappa shape index (κ2) is 6.44. The van der Waals surface area contributed by atoms with Gasteiger partial charge in [-0.15, -0.1) is 0 Å². The van der Waals surface area contributed by atoms with E-state index in [1.165, 1.54) is 0 Å². The first-order valence-corrected chi connectivity index (χ1v) is 6.73. The van der Waals surface area contributed by atoms with Crippen LogP contribution in [0, 0.1) is 11.3 Å². The molecule has 1 aliphatic rings. The Balaban J connectivity index is 2.22. The van der Waals surface area contributed by atoms with Gasteiger partial charge in [0.1, 0.15) is 11.8 Å². The van der Waals surface area contributed by atoms with E-state index in [0.717, 1.165) is 44.0 Å². The number of anilines is 1. The highest BCUT2D eigenvalue weighted by molar-refractivity contribution is 5.62. The SMILES string of the molecule is CCOC1CCCN(c2cc(OC)ccc2C#N)C1. The third-order valence-electron chi connectivity index (χ3n) is 3.45. The standard InChI is InChI=1S/C15H20N2O2/c1-3-19-14-5-4-8-17(11-14)15-9-13(18-2)7-6-12(15)10-16/h6-7,9,14H,3-5,8,11H2,1-2H3. The lowest BCUT2D eigenvalue weighted by Gasteiger charge is -2.34. The fourth-order valence-electron chi connectivity index (χ4n) is 2.52. The maximum Gasteiger partial charge on any atom is 0.121 e. The van der Waals surface area contributed by atoms with E-state index >= 15 is 0 Å². The summed E-state index contributed by atoms with van der Waals surface area (Å²) in [5.74, 6) is 0.785. The molecule has 1 aromatic carbocycles. The average Bonchev–Trinajstić information content (AvgIpc) is 2.47. The van der Waals surface area contributed by atoms with Crippen LogP contribution in [0.25, 0.3) is 0 Å². The Hall–Kier alpha value is -1.73. The van der Waals surface area contributed by atoms with E-state index in [-0.39, 0.29) is 6.10 Å². The van der Waals surface area contributed by atoms with Crippen molar-refractivity contribution in [2.75, 3.05) is 31.7 Å². The van der Waals surface area contributed by atoms with Crippen molar-refractivity contribution >= 4 is 5.69 Å². The monoisotopic (exact) mass is 260 g/mol. The molecule has 2 rings (SSSR count). The first-order chi connectivity index (χ1) is 9.28. The fourth-order valence-corrected chi connectivity index (χ4v) is 2.52. The first kappa shape index (κ1) is 13.7. The predicted molar refractivity (Wildman–Crippen MR) is 74.6 cm³/mol. The first-order valence-electron chi connectivity index (χ1n) is 6.73. The Morgan fingerprint density at radius 2 is 2.32 bits per heavy atom. The number of hydrogen-bond acceptors (Lipinski definition) is 4. The molecule has 1 atom stereocenters. The molecule has 0 saturated carbocycles. The highest BCUT2D eigenvalue weighted by Crippen LogP contribution is 2.28. The second-order valence-electron chi connectivity index (χ2n) is 4.66. The molecule has 0 bridgehead atoms. The topological polar surface area (TPSA) is 45.5 Å². The number of benzene rings is 1. The number of piperidine rings is 1. The molecule has 102 valence electrons. The predicted octanol–water partition coefficient (Wildman–Crippen LogP) is 2.57. The van der Waals surface area contributed by atoms with Gasteiger partial charge in [0.25, 0.3) is 0 Å². The average molecular weight is 260 g/mol. The molecular formula is C15H20N2O2. The van der Waals surface area contributed by atoms with Gasteiger partial charge in [-0.25, -0.2) is 0 Å². The Kier molecular flexibility index (Phi) is 4.64. The van der Waals surface area contributed by atoms with Gasteiger partial charge in [-0.1, -0.05) is 0 Å². The van der Waals surface area contributed by atoms with E-state index < -0.39 is 0 Å². The van der Waals surface area contributed by atoms with Crippen molar-refractivity contribution in [1.29, 1.82) is 5.26 Å². The molecule has 0 amide bonds. The van der Waals surface area contributed by atoms with E-state index in [1.54, 1.807) is 7.11 Å². The van der Waals surface area contributed by atoms with Gasteiger partial charge in [0, 0.05) is 25.8 Å². The summed E-state index contributed by atoms with van der Waals surface area (Å²) in [5.41, 5.74) is 1.64. The minimum atomic E-state index is 0.261. The number of rotatable bonds is 4. The lowest BCUT2D eigenvalue weighted by molar-refractivity contribution is 0.0526. The zero-order valence-electron chi connectivity index (χ0n) is 11.6. The third-order valence-corrected chi connectivity index (χ3v) is 3.45. The smallest absolute Gasteiger partial charge is 0.121 e. The number of nitriles is 1. The molecule has 1 saturated heterocycles. The molecule has 0 N–H and O–H groups in total. The minimum Gasteiger partial charge on any atom is -0.497 e. The van der Waals surface area contributed by atoms with Crippen molar-refractivity contribution < 1.29 is 9.47 Å². The molecule has 1 aliphatic heterocycles. The summed E-state index contributed by atoms with van der Waals surface area (Å²) in [6.45, 7) is 4.56. The van der Waals surface area contributed by atoms with Crippen LogP contribution < -0.4 is 9.64 Å². The van der Waals surface area contributed by atoms with E-state index in [9.17, 15) is 5.26 Å². The second-order valence-corrected chi connectivity index (χ2v) is 4.66. The number of nitrogens with zero attached hydrogens (tertiary/aromatic N) is 2. The molecule has 1 fully saturated rings. The van der Waals surface area contributed by atoms with E-state index in [4.69, 9.17) is 9.47 Å². The Labute approximate surface area is 114 Å². The summed E-state index contributed by atoms with van der Waals surface area (Å²) in [7, 11) is 1.64. The highest BCUT2D eigenvalue weighted by atomic mass is 16.5. The van der Waals surface area contributed by atoms with Crippen LogP contribution in [0.1, 0.15) is 25.3 Å². The Morgan fingerprint density at radius 3 is 3.00 bits per heavy atom. The van der Waals surface area contributed by atoms with Crippen molar-refractivity contribution in [2.24, 2.45) is 0 Å². The van der Waals surface area contributed by atoms with Crippen LogP contribution in [-0.4, -0.2) is 32.9 Å². The van der Waals surface area contributed by atoms with Gasteiger partial charge in [0.15, 0.2) is 0 Å². The Morgan fingerprint density at radius 1 is 1.47 bits per heavy atom. The van der Waals surface area contributed by atoms with Crippen LogP contribution in [0.15, 0.2) is 18.2 Å². The van der Waals surface area contributed by atoms with Crippen molar-refractivity contribution in [3.63, 3.8) is 0 Å². The molecule has 1 heterocycles. The van der Waals surface area contributed by atoms with Gasteiger partial charge in [0.2, 0.25) is 0 Å². The molecule has 0 aromatic heterocycles. The van der Waals surface area contributed by atoms with Crippen molar-refractivity contribution in [1.82, 2.24) is 0 Å². The van der Waals surface area contributed by atoms with Crippen LogP contribution in [0.2, 0.25) is 0 Å². The molecule has 0 spiro atoms. The summed E-state index contributed by atoms with van der Waals surface area (Å²) in [6, 6.07) is 7.83. The third kappa shape index (κ3) is 3.18. The van der Waals surface area contributed by atoms with Gasteiger partial charge in [-0.3, -0.25) is 0 Å². The number of methoxy groups -OCH3 is 1. The molecule has 1 unspecified atom stereocenters. The fraction of sp³-hybridized carbons (Fsp3) is 0.533. The molecule has 4 nitrogen and oxygen atoms in total. The summed E-state index contributed by atoms with van der Waals surface area (Å²) in [4.78, 5) is 2.23.